The van der Waals surface area contributed by atoms with Gasteiger partial charge in [-0.3, -0.25) is 14.1 Å². The number of rotatable bonds is 7. The van der Waals surface area contributed by atoms with Crippen LogP contribution in [0.4, 0.5) is 10.1 Å². The molecule has 3 rings (SSSR count). The first-order valence-electron chi connectivity index (χ1n) is 10.8. The molecule has 1 aliphatic heterocycles. The van der Waals surface area contributed by atoms with Crippen LogP contribution < -0.4 is 10.6 Å². The average Bonchev–Trinajstić information content (AvgIpc) is 3.19. The van der Waals surface area contributed by atoms with Crippen molar-refractivity contribution in [3.63, 3.8) is 0 Å². The summed E-state index contributed by atoms with van der Waals surface area (Å²) in [5, 5.41) is 5.70. The van der Waals surface area contributed by atoms with E-state index in [0.29, 0.717) is 40.9 Å². The molecule has 0 fully saturated rings. The van der Waals surface area contributed by atoms with E-state index in [-0.39, 0.29) is 11.8 Å². The SMILES string of the molecule is CCN(CC)CCNC(=O)c1c(C)[nH]c(/C=C2\C(=O)Nc3ccc(F)cc32)c1C.CS(=O)(=O)O. The molecule has 2 aromatic rings. The molecule has 0 spiro atoms. The molecule has 0 saturated carbocycles. The van der Waals surface area contributed by atoms with Gasteiger partial charge in [0.2, 0.25) is 0 Å². The number of anilines is 1. The predicted molar refractivity (Wildman–Crippen MR) is 131 cm³/mol. The molecule has 1 aromatic heterocycles. The number of aromatic nitrogens is 1. The highest BCUT2D eigenvalue weighted by Crippen LogP contribution is 2.34. The van der Waals surface area contributed by atoms with Crippen LogP contribution >= 0.6 is 0 Å². The van der Waals surface area contributed by atoms with Gasteiger partial charge in [0.25, 0.3) is 21.9 Å². The summed E-state index contributed by atoms with van der Waals surface area (Å²) in [6.07, 6.45) is 2.39. The molecule has 1 aromatic carbocycles. The normalized spacial score (nSPS) is 14.0. The van der Waals surface area contributed by atoms with Crippen molar-refractivity contribution in [3.8, 4) is 0 Å². The lowest BCUT2D eigenvalue weighted by Crippen LogP contribution is -2.35. The number of hydrogen-bond donors (Lipinski definition) is 4. The van der Waals surface area contributed by atoms with Gasteiger partial charge in [0.05, 0.1) is 17.4 Å². The van der Waals surface area contributed by atoms with Crippen LogP contribution in [0.25, 0.3) is 11.6 Å². The van der Waals surface area contributed by atoms with Crippen LogP contribution in [-0.2, 0) is 14.9 Å². The lowest BCUT2D eigenvalue weighted by Gasteiger charge is -2.18. The Morgan fingerprint density at radius 3 is 2.44 bits per heavy atom. The average molecular weight is 495 g/mol. The standard InChI is InChI=1S/C22H27FN4O2.CH4O3S/c1-5-27(6-2)10-9-24-22(29)20-13(3)19(25-14(20)4)12-17-16-11-15(23)7-8-18(16)26-21(17)28;1-5(2,3)4/h7-8,11-12,25H,5-6,9-10H2,1-4H3,(H,24,29)(H,26,28);1H3,(H,2,3,4)/b17-12-;. The molecule has 0 saturated heterocycles. The molecule has 9 nitrogen and oxygen atoms in total. The van der Waals surface area contributed by atoms with Crippen molar-refractivity contribution >= 4 is 39.3 Å². The molecule has 11 heteroatoms. The van der Waals surface area contributed by atoms with Crippen LogP contribution in [0, 0.1) is 19.7 Å². The number of likely N-dealkylation sites (N-methyl/N-ethyl adjacent to an activating group) is 1. The Morgan fingerprint density at radius 2 is 1.85 bits per heavy atom. The number of aromatic amines is 1. The van der Waals surface area contributed by atoms with E-state index in [1.165, 1.54) is 12.1 Å². The lowest BCUT2D eigenvalue weighted by molar-refractivity contribution is -0.110. The van der Waals surface area contributed by atoms with Crippen molar-refractivity contribution in [1.29, 1.82) is 0 Å². The third-order valence-corrected chi connectivity index (χ3v) is 5.36. The summed E-state index contributed by atoms with van der Waals surface area (Å²) in [6.45, 7) is 11.1. The Bertz CT molecular complexity index is 1190. The second-order valence-corrected chi connectivity index (χ2v) is 9.35. The number of amides is 2. The fourth-order valence-electron chi connectivity index (χ4n) is 3.66. The molecular weight excluding hydrogens is 463 g/mol. The van der Waals surface area contributed by atoms with Gasteiger partial charge in [0.1, 0.15) is 5.82 Å². The second kappa shape index (κ2) is 11.4. The molecule has 0 radical (unpaired) electrons. The van der Waals surface area contributed by atoms with Crippen LogP contribution in [0.1, 0.15) is 46.7 Å². The fraction of sp³-hybridized carbons (Fsp3) is 0.391. The monoisotopic (exact) mass is 494 g/mol. The zero-order valence-electron chi connectivity index (χ0n) is 20.0. The Morgan fingerprint density at radius 1 is 1.24 bits per heavy atom. The Labute approximate surface area is 199 Å². The Hall–Kier alpha value is -3.02. The summed E-state index contributed by atoms with van der Waals surface area (Å²) in [6, 6.07) is 4.20. The molecule has 1 aliphatic rings. The molecule has 0 atom stereocenters. The number of nitrogens with zero attached hydrogens (tertiary/aromatic N) is 1. The molecule has 0 unspecified atom stereocenters. The topological polar surface area (TPSA) is 132 Å². The van der Waals surface area contributed by atoms with Crippen LogP contribution in [0.5, 0.6) is 0 Å². The van der Waals surface area contributed by atoms with Crippen molar-refractivity contribution in [2.24, 2.45) is 0 Å². The molecule has 0 bridgehead atoms. The highest BCUT2D eigenvalue weighted by atomic mass is 32.2. The maximum absolute atomic E-state index is 13.7. The highest BCUT2D eigenvalue weighted by molar-refractivity contribution is 7.85. The second-order valence-electron chi connectivity index (χ2n) is 7.88. The maximum atomic E-state index is 13.7. The number of hydrogen-bond acceptors (Lipinski definition) is 5. The number of nitrogens with one attached hydrogen (secondary N) is 3. The van der Waals surface area contributed by atoms with Gasteiger partial charge in [-0.1, -0.05) is 13.8 Å². The lowest BCUT2D eigenvalue weighted by atomic mass is 10.0. The van der Waals surface area contributed by atoms with E-state index in [9.17, 15) is 22.4 Å². The smallest absolute Gasteiger partial charge is 0.261 e. The minimum atomic E-state index is -3.67. The number of halogens is 1. The highest BCUT2D eigenvalue weighted by Gasteiger charge is 2.26. The number of carbonyl (C=O) groups is 2. The molecular formula is C23H31FN4O5S. The van der Waals surface area contributed by atoms with Crippen LogP contribution in [0.2, 0.25) is 0 Å². The first kappa shape index (κ1) is 27.2. The van der Waals surface area contributed by atoms with Crippen molar-refractivity contribution in [3.05, 3.63) is 52.1 Å². The molecule has 186 valence electrons. The zero-order valence-corrected chi connectivity index (χ0v) is 20.8. The van der Waals surface area contributed by atoms with E-state index in [2.05, 4.69) is 34.4 Å². The molecule has 4 N–H and O–H groups in total. The minimum absolute atomic E-state index is 0.143. The van der Waals surface area contributed by atoms with Gasteiger partial charge >= 0.3 is 0 Å². The summed E-state index contributed by atoms with van der Waals surface area (Å²) in [5.74, 6) is -0.836. The van der Waals surface area contributed by atoms with Crippen molar-refractivity contribution in [2.45, 2.75) is 27.7 Å². The van der Waals surface area contributed by atoms with E-state index in [0.717, 1.165) is 30.9 Å². The van der Waals surface area contributed by atoms with E-state index >= 15 is 0 Å². The number of carbonyl (C=O) groups excluding carboxylic acids is 2. The van der Waals surface area contributed by atoms with Gasteiger partial charge in [-0.25, -0.2) is 4.39 Å². The third kappa shape index (κ3) is 7.24. The summed E-state index contributed by atoms with van der Waals surface area (Å²) in [7, 11) is -3.67. The van der Waals surface area contributed by atoms with E-state index in [1.807, 2.05) is 13.8 Å². The number of H-pyrrole nitrogens is 1. The van der Waals surface area contributed by atoms with Crippen molar-refractivity contribution in [1.82, 2.24) is 15.2 Å². The molecule has 0 aliphatic carbocycles. The summed E-state index contributed by atoms with van der Waals surface area (Å²) >= 11 is 0. The first-order valence-corrected chi connectivity index (χ1v) is 12.7. The predicted octanol–water partition coefficient (Wildman–Crippen LogP) is 2.84. The van der Waals surface area contributed by atoms with Gasteiger partial charge in [-0.2, -0.15) is 8.42 Å². The van der Waals surface area contributed by atoms with Crippen LogP contribution in [-0.4, -0.2) is 67.1 Å². The Balaban J connectivity index is 0.000000739. The quantitative estimate of drug-likeness (QED) is 0.346. The summed E-state index contributed by atoms with van der Waals surface area (Å²) in [5.41, 5.74) is 4.20. The minimum Gasteiger partial charge on any atom is -0.358 e. The number of benzene rings is 1. The fourth-order valence-corrected chi connectivity index (χ4v) is 3.66. The maximum Gasteiger partial charge on any atom is 0.261 e. The van der Waals surface area contributed by atoms with Gasteiger partial charge in [-0.05, 0) is 56.8 Å². The van der Waals surface area contributed by atoms with Crippen LogP contribution in [0.3, 0.4) is 0 Å². The van der Waals surface area contributed by atoms with E-state index in [4.69, 9.17) is 4.55 Å². The van der Waals surface area contributed by atoms with Crippen molar-refractivity contribution < 1.29 is 27.0 Å². The summed E-state index contributed by atoms with van der Waals surface area (Å²) < 4.78 is 39.5. The first-order chi connectivity index (χ1) is 15.8. The van der Waals surface area contributed by atoms with E-state index < -0.39 is 15.9 Å². The molecule has 34 heavy (non-hydrogen) atoms. The molecule has 2 heterocycles. The third-order valence-electron chi connectivity index (χ3n) is 5.36. The van der Waals surface area contributed by atoms with Gasteiger partial charge < -0.3 is 20.5 Å². The van der Waals surface area contributed by atoms with Gasteiger partial charge in [0.15, 0.2) is 0 Å². The summed E-state index contributed by atoms with van der Waals surface area (Å²) in [4.78, 5) is 30.5. The molecule has 2 amide bonds. The number of fused-ring (bicyclic) bond motifs is 1. The van der Waals surface area contributed by atoms with Crippen molar-refractivity contribution in [2.75, 3.05) is 37.8 Å². The largest absolute Gasteiger partial charge is 0.358 e. The van der Waals surface area contributed by atoms with E-state index in [1.54, 1.807) is 12.1 Å². The zero-order chi connectivity index (χ0) is 25.6. The van der Waals surface area contributed by atoms with Crippen LogP contribution in [0.15, 0.2) is 18.2 Å². The number of aryl methyl sites for hydroxylation is 1. The van der Waals surface area contributed by atoms with Gasteiger partial charge in [-0.15, -0.1) is 0 Å². The van der Waals surface area contributed by atoms with Gasteiger partial charge in [0, 0.05) is 35.7 Å². The Kier molecular flexibility index (Phi) is 9.14.